The Morgan fingerprint density at radius 1 is 0.833 bits per heavy atom. The molecule has 18 heavy (non-hydrogen) atoms. The van der Waals surface area contributed by atoms with Crippen LogP contribution in [0.25, 0.3) is 0 Å². The number of rotatable bonds is 5. The fraction of sp³-hybridized carbons (Fsp3) is 0.667. The van der Waals surface area contributed by atoms with E-state index in [1.807, 2.05) is 0 Å². The number of hydrogen-bond donors (Lipinski definition) is 0. The molecular formula is C12H26N2Si4. The molecular weight excluding hydrogens is 284 g/mol. The summed E-state index contributed by atoms with van der Waals surface area (Å²) < 4.78 is 5.44. The Morgan fingerprint density at radius 2 is 1.33 bits per heavy atom. The standard InChI is InChI=1S/C12H26N2Si4/c1-15(2)12-10-9-11(13(12)16(3)4)14(17(5)6)18(7)8/h9-10H,1-8H3. The van der Waals surface area contributed by atoms with Gasteiger partial charge in [0.25, 0.3) is 0 Å². The highest BCUT2D eigenvalue weighted by molar-refractivity contribution is 6.81. The van der Waals surface area contributed by atoms with Crippen molar-refractivity contribution in [2.75, 3.05) is 4.23 Å². The van der Waals surface area contributed by atoms with Crippen LogP contribution < -0.4 is 9.55 Å². The Bertz CT molecular complexity index is 377. The summed E-state index contributed by atoms with van der Waals surface area (Å²) in [5.41, 5.74) is 0. The van der Waals surface area contributed by atoms with E-state index in [2.05, 4.69) is 73.0 Å². The highest BCUT2D eigenvalue weighted by Crippen LogP contribution is 2.19. The lowest BCUT2D eigenvalue weighted by molar-refractivity contribution is 1.20. The van der Waals surface area contributed by atoms with E-state index in [9.17, 15) is 0 Å². The predicted molar refractivity (Wildman–Crippen MR) is 91.9 cm³/mol. The van der Waals surface area contributed by atoms with Crippen LogP contribution in [0.15, 0.2) is 12.1 Å². The van der Waals surface area contributed by atoms with Crippen LogP contribution in [0.1, 0.15) is 0 Å². The molecule has 0 bridgehead atoms. The van der Waals surface area contributed by atoms with Crippen molar-refractivity contribution in [3.8, 4) is 0 Å². The van der Waals surface area contributed by atoms with Crippen LogP contribution in [0, 0.1) is 0 Å². The van der Waals surface area contributed by atoms with Crippen molar-refractivity contribution >= 4 is 46.8 Å². The Morgan fingerprint density at radius 3 is 1.67 bits per heavy atom. The Balaban J connectivity index is 3.31. The molecule has 0 unspecified atom stereocenters. The summed E-state index contributed by atoms with van der Waals surface area (Å²) in [6.45, 7) is 19.3. The minimum atomic E-state index is -0.451. The number of anilines is 1. The Kier molecular flexibility index (Phi) is 5.69. The van der Waals surface area contributed by atoms with Crippen LogP contribution in [0.5, 0.6) is 0 Å². The average molecular weight is 311 g/mol. The molecule has 0 N–H and O–H groups in total. The summed E-state index contributed by atoms with van der Waals surface area (Å²) in [5.74, 6) is 1.52. The van der Waals surface area contributed by atoms with E-state index in [0.717, 1.165) is 0 Å². The first kappa shape index (κ1) is 16.0. The molecule has 0 saturated heterocycles. The van der Waals surface area contributed by atoms with Crippen LogP contribution in [0.4, 0.5) is 5.82 Å². The molecule has 0 amide bonds. The van der Waals surface area contributed by atoms with Crippen LogP contribution in [-0.2, 0) is 0 Å². The van der Waals surface area contributed by atoms with Crippen LogP contribution in [0.3, 0.4) is 0 Å². The van der Waals surface area contributed by atoms with Gasteiger partial charge >= 0.3 is 0 Å². The summed E-state index contributed by atoms with van der Waals surface area (Å²) in [4.78, 5) is 0. The lowest BCUT2D eigenvalue weighted by Crippen LogP contribution is -2.47. The SMILES string of the molecule is C[Si](C)c1ccc(N([Si](C)C)[Si](C)C)n1[Si](C)C. The summed E-state index contributed by atoms with van der Waals surface area (Å²) in [6.07, 6.45) is 0. The Hall–Kier alpha value is -0.0525. The lowest BCUT2D eigenvalue weighted by Gasteiger charge is -2.34. The zero-order valence-electron chi connectivity index (χ0n) is 13.0. The van der Waals surface area contributed by atoms with Crippen molar-refractivity contribution in [1.29, 1.82) is 0 Å². The first-order valence-corrected chi connectivity index (χ1v) is 16.3. The molecule has 1 rings (SSSR count). The summed E-state index contributed by atoms with van der Waals surface area (Å²) in [7, 11) is -1.63. The zero-order valence-corrected chi connectivity index (χ0v) is 17.0. The van der Waals surface area contributed by atoms with Gasteiger partial charge in [0, 0.05) is 0 Å². The Labute approximate surface area is 120 Å². The van der Waals surface area contributed by atoms with Gasteiger partial charge in [-0.15, -0.1) is 0 Å². The molecule has 0 atom stereocenters. The van der Waals surface area contributed by atoms with E-state index in [1.54, 1.807) is 5.32 Å². The van der Waals surface area contributed by atoms with Gasteiger partial charge < -0.3 is 8.46 Å². The van der Waals surface area contributed by atoms with Gasteiger partial charge in [0.1, 0.15) is 8.80 Å². The lowest BCUT2D eigenvalue weighted by atomic mass is 10.6. The second-order valence-corrected chi connectivity index (χ2v) is 15.6. The largest absolute Gasteiger partial charge is 0.412 e. The molecule has 4 radical (unpaired) electrons. The quantitative estimate of drug-likeness (QED) is 0.759. The predicted octanol–water partition coefficient (Wildman–Crippen LogP) is 2.86. The van der Waals surface area contributed by atoms with Crippen molar-refractivity contribution in [1.82, 2.24) is 4.23 Å². The molecule has 2 nitrogen and oxygen atoms in total. The molecule has 0 aliphatic rings. The van der Waals surface area contributed by atoms with Gasteiger partial charge in [-0.1, -0.05) is 52.4 Å². The van der Waals surface area contributed by atoms with Crippen molar-refractivity contribution in [2.24, 2.45) is 0 Å². The van der Waals surface area contributed by atoms with Gasteiger partial charge in [-0.2, -0.15) is 0 Å². The third kappa shape index (κ3) is 3.28. The van der Waals surface area contributed by atoms with E-state index < -0.39 is 26.9 Å². The number of aromatic nitrogens is 1. The molecule has 0 aliphatic carbocycles. The van der Waals surface area contributed by atoms with Gasteiger partial charge in [-0.25, -0.2) is 0 Å². The summed E-state index contributed by atoms with van der Waals surface area (Å²) in [6, 6.07) is 4.78. The van der Waals surface area contributed by atoms with Crippen molar-refractivity contribution < 1.29 is 0 Å². The normalized spacial score (nSPS) is 12.2. The average Bonchev–Trinajstić information content (AvgIpc) is 2.60. The van der Waals surface area contributed by atoms with Gasteiger partial charge in [-0.3, -0.25) is 0 Å². The number of nitrogens with zero attached hydrogens (tertiary/aromatic N) is 2. The molecule has 1 aromatic heterocycles. The molecule has 0 saturated carbocycles. The maximum absolute atomic E-state index is 2.75. The van der Waals surface area contributed by atoms with E-state index >= 15 is 0 Å². The topological polar surface area (TPSA) is 8.17 Å². The minimum Gasteiger partial charge on any atom is -0.412 e. The molecule has 0 fully saturated rings. The highest BCUT2D eigenvalue weighted by Gasteiger charge is 2.23. The van der Waals surface area contributed by atoms with E-state index in [1.165, 1.54) is 5.82 Å². The van der Waals surface area contributed by atoms with Gasteiger partial charge in [0.15, 0.2) is 26.9 Å². The molecule has 0 aromatic carbocycles. The van der Waals surface area contributed by atoms with Crippen molar-refractivity contribution in [3.05, 3.63) is 12.1 Å². The molecule has 0 aliphatic heterocycles. The van der Waals surface area contributed by atoms with E-state index in [4.69, 9.17) is 0 Å². The molecule has 1 heterocycles. The molecule has 1 aromatic rings. The third-order valence-corrected chi connectivity index (χ3v) is 10.9. The van der Waals surface area contributed by atoms with E-state index in [-0.39, 0.29) is 8.80 Å². The maximum atomic E-state index is 2.75. The minimum absolute atomic E-state index is 0.365. The van der Waals surface area contributed by atoms with Gasteiger partial charge in [0.05, 0.1) is 5.82 Å². The smallest absolute Gasteiger partial charge is 0.170 e. The van der Waals surface area contributed by atoms with Crippen LogP contribution in [-0.4, -0.2) is 39.9 Å². The summed E-state index contributed by atoms with van der Waals surface area (Å²) in [5, 5.41) is 1.62. The summed E-state index contributed by atoms with van der Waals surface area (Å²) >= 11 is 0. The van der Waals surface area contributed by atoms with E-state index in [0.29, 0.717) is 0 Å². The second kappa shape index (κ2) is 6.40. The number of hydrogen-bond acceptors (Lipinski definition) is 1. The molecule has 100 valence electrons. The van der Waals surface area contributed by atoms with Gasteiger partial charge in [-0.05, 0) is 17.4 Å². The van der Waals surface area contributed by atoms with Crippen LogP contribution >= 0.6 is 0 Å². The fourth-order valence-corrected chi connectivity index (χ4v) is 10.9. The second-order valence-electron chi connectivity index (χ2n) is 5.59. The van der Waals surface area contributed by atoms with Crippen molar-refractivity contribution in [2.45, 2.75) is 52.4 Å². The molecule has 0 spiro atoms. The van der Waals surface area contributed by atoms with Crippen molar-refractivity contribution in [3.63, 3.8) is 0 Å². The first-order valence-electron chi connectivity index (χ1n) is 6.50. The molecule has 6 heteroatoms. The maximum Gasteiger partial charge on any atom is 0.170 e. The zero-order chi connectivity index (χ0) is 14.0. The first-order chi connectivity index (χ1) is 8.27. The van der Waals surface area contributed by atoms with Crippen LogP contribution in [0.2, 0.25) is 52.4 Å². The van der Waals surface area contributed by atoms with Gasteiger partial charge in [0.2, 0.25) is 0 Å². The monoisotopic (exact) mass is 310 g/mol. The fourth-order valence-electron chi connectivity index (χ4n) is 2.37. The highest BCUT2D eigenvalue weighted by atomic mass is 28.3. The third-order valence-electron chi connectivity index (χ3n) is 2.94.